The van der Waals surface area contributed by atoms with Gasteiger partial charge >= 0.3 is 0 Å². The molecule has 1 atom stereocenters. The molecule has 0 radical (unpaired) electrons. The summed E-state index contributed by atoms with van der Waals surface area (Å²) in [4.78, 5) is 0. The number of rotatable bonds is 6. The largest absolute Gasteiger partial charge is 0.380 e. The van der Waals surface area contributed by atoms with Gasteiger partial charge in [0.05, 0.1) is 18.2 Å². The molecule has 3 heteroatoms. The molecule has 1 aromatic carbocycles. The fourth-order valence-electron chi connectivity index (χ4n) is 1.60. The quantitative estimate of drug-likeness (QED) is 0.819. The fourth-order valence-corrected chi connectivity index (χ4v) is 1.60. The van der Waals surface area contributed by atoms with Crippen molar-refractivity contribution in [2.75, 3.05) is 13.2 Å². The van der Waals surface area contributed by atoms with Crippen molar-refractivity contribution < 1.29 is 4.74 Å². The van der Waals surface area contributed by atoms with Gasteiger partial charge in [-0.1, -0.05) is 6.07 Å². The summed E-state index contributed by atoms with van der Waals surface area (Å²) in [6.45, 7) is 8.43. The van der Waals surface area contributed by atoms with Gasteiger partial charge < -0.3 is 10.1 Å². The molecular formula is C14H20N2O. The number of ether oxygens (including phenoxy) is 1. The molecule has 0 bridgehead atoms. The second-order valence-electron chi connectivity index (χ2n) is 4.19. The second kappa shape index (κ2) is 7.05. The summed E-state index contributed by atoms with van der Waals surface area (Å²) in [6.07, 6.45) is 0. The number of nitrogens with one attached hydrogen (secondary N) is 1. The molecule has 0 aliphatic rings. The Morgan fingerprint density at radius 1 is 1.47 bits per heavy atom. The molecule has 1 rings (SSSR count). The van der Waals surface area contributed by atoms with E-state index in [1.54, 1.807) is 0 Å². The van der Waals surface area contributed by atoms with Gasteiger partial charge in [0.2, 0.25) is 0 Å². The third-order valence-corrected chi connectivity index (χ3v) is 2.68. The van der Waals surface area contributed by atoms with E-state index >= 15 is 0 Å². The van der Waals surface area contributed by atoms with Gasteiger partial charge in [0.1, 0.15) is 0 Å². The van der Waals surface area contributed by atoms with Crippen molar-refractivity contribution in [1.82, 2.24) is 5.32 Å². The Hall–Kier alpha value is -1.37. The maximum atomic E-state index is 8.79. The molecule has 0 amide bonds. The molecule has 0 heterocycles. The zero-order valence-corrected chi connectivity index (χ0v) is 10.8. The minimum absolute atomic E-state index is 0.338. The lowest BCUT2D eigenvalue weighted by atomic mass is 10.1. The van der Waals surface area contributed by atoms with Gasteiger partial charge in [0.25, 0.3) is 0 Å². The van der Waals surface area contributed by atoms with Crippen LogP contribution in [0.15, 0.2) is 18.2 Å². The van der Waals surface area contributed by atoms with Crippen molar-refractivity contribution in [3.8, 4) is 6.07 Å². The highest BCUT2D eigenvalue weighted by Crippen LogP contribution is 2.10. The van der Waals surface area contributed by atoms with E-state index < -0.39 is 0 Å². The molecule has 1 N–H and O–H groups in total. The van der Waals surface area contributed by atoms with Crippen LogP contribution in [0.5, 0.6) is 0 Å². The Morgan fingerprint density at radius 3 is 2.82 bits per heavy atom. The maximum Gasteiger partial charge on any atom is 0.0991 e. The minimum Gasteiger partial charge on any atom is -0.380 e. The van der Waals surface area contributed by atoms with Gasteiger partial charge in [0.15, 0.2) is 0 Å². The first-order valence-electron chi connectivity index (χ1n) is 5.98. The van der Waals surface area contributed by atoms with Crippen LogP contribution in [0.25, 0.3) is 0 Å². The van der Waals surface area contributed by atoms with Gasteiger partial charge in [-0.25, -0.2) is 0 Å². The van der Waals surface area contributed by atoms with Crippen molar-refractivity contribution in [3.05, 3.63) is 34.9 Å². The third-order valence-electron chi connectivity index (χ3n) is 2.68. The summed E-state index contributed by atoms with van der Waals surface area (Å²) in [5.74, 6) is 0. The van der Waals surface area contributed by atoms with Crippen molar-refractivity contribution in [2.24, 2.45) is 0 Å². The van der Waals surface area contributed by atoms with E-state index in [9.17, 15) is 0 Å². The van der Waals surface area contributed by atoms with Crippen LogP contribution in [-0.4, -0.2) is 19.3 Å². The summed E-state index contributed by atoms with van der Waals surface area (Å²) in [7, 11) is 0. The zero-order valence-electron chi connectivity index (χ0n) is 10.8. The number of hydrogen-bond acceptors (Lipinski definition) is 3. The molecule has 92 valence electrons. The Labute approximate surface area is 103 Å². The molecule has 0 fully saturated rings. The normalized spacial score (nSPS) is 12.1. The van der Waals surface area contributed by atoms with Crippen molar-refractivity contribution >= 4 is 0 Å². The Bertz CT molecular complexity index is 396. The Morgan fingerprint density at radius 2 is 2.24 bits per heavy atom. The van der Waals surface area contributed by atoms with Crippen molar-refractivity contribution in [2.45, 2.75) is 33.4 Å². The van der Waals surface area contributed by atoms with E-state index in [1.807, 2.05) is 32.0 Å². The molecule has 0 saturated carbocycles. The molecule has 0 saturated heterocycles. The maximum absolute atomic E-state index is 8.79. The lowest BCUT2D eigenvalue weighted by Gasteiger charge is -2.14. The van der Waals surface area contributed by atoms with E-state index in [4.69, 9.17) is 10.00 Å². The number of benzene rings is 1. The van der Waals surface area contributed by atoms with Crippen molar-refractivity contribution in [3.63, 3.8) is 0 Å². The first-order chi connectivity index (χ1) is 8.17. The average molecular weight is 232 g/mol. The van der Waals surface area contributed by atoms with E-state index in [2.05, 4.69) is 18.3 Å². The molecule has 0 aliphatic carbocycles. The molecule has 0 aromatic heterocycles. The molecular weight excluding hydrogens is 212 g/mol. The van der Waals surface area contributed by atoms with E-state index in [-0.39, 0.29) is 0 Å². The smallest absolute Gasteiger partial charge is 0.0991 e. The summed E-state index contributed by atoms with van der Waals surface area (Å²) >= 11 is 0. The summed E-state index contributed by atoms with van der Waals surface area (Å²) in [5, 5.41) is 12.2. The lowest BCUT2D eigenvalue weighted by Crippen LogP contribution is -2.30. The summed E-state index contributed by atoms with van der Waals surface area (Å²) < 4.78 is 5.34. The third kappa shape index (κ3) is 4.56. The highest BCUT2D eigenvalue weighted by molar-refractivity contribution is 5.37. The fraction of sp³-hybridized carbons (Fsp3) is 0.500. The average Bonchev–Trinajstić information content (AvgIpc) is 2.34. The van der Waals surface area contributed by atoms with Crippen LogP contribution < -0.4 is 5.32 Å². The van der Waals surface area contributed by atoms with Crippen LogP contribution >= 0.6 is 0 Å². The van der Waals surface area contributed by atoms with Gasteiger partial charge in [0, 0.05) is 19.2 Å². The number of aryl methyl sites for hydroxylation is 1. The van der Waals surface area contributed by atoms with Crippen LogP contribution in [0.4, 0.5) is 0 Å². The molecule has 0 spiro atoms. The van der Waals surface area contributed by atoms with Gasteiger partial charge in [-0.05, 0) is 44.0 Å². The lowest BCUT2D eigenvalue weighted by molar-refractivity contribution is 0.127. The topological polar surface area (TPSA) is 45.0 Å². The molecule has 3 nitrogen and oxygen atoms in total. The predicted octanol–water partition coefficient (Wildman–Crippen LogP) is 2.38. The standard InChI is InChI=1S/C14H20N2O/c1-4-17-10-12(3)16-9-14-6-5-13(8-15)7-11(14)2/h5-7,12,16H,4,9-10H2,1-3H3. The Balaban J connectivity index is 2.49. The van der Waals surface area contributed by atoms with Crippen LogP contribution in [0, 0.1) is 18.3 Å². The summed E-state index contributed by atoms with van der Waals surface area (Å²) in [6, 6.07) is 8.27. The van der Waals surface area contributed by atoms with Crippen molar-refractivity contribution in [1.29, 1.82) is 5.26 Å². The summed E-state index contributed by atoms with van der Waals surface area (Å²) in [5.41, 5.74) is 3.10. The SMILES string of the molecule is CCOCC(C)NCc1ccc(C#N)cc1C. The number of hydrogen-bond donors (Lipinski definition) is 1. The number of nitrogens with zero attached hydrogens (tertiary/aromatic N) is 1. The molecule has 1 aromatic rings. The van der Waals surface area contributed by atoms with Gasteiger partial charge in [-0.2, -0.15) is 5.26 Å². The van der Waals surface area contributed by atoms with Crippen LogP contribution in [0.3, 0.4) is 0 Å². The predicted molar refractivity (Wildman–Crippen MR) is 68.7 cm³/mol. The van der Waals surface area contributed by atoms with Crippen LogP contribution in [0.1, 0.15) is 30.5 Å². The minimum atomic E-state index is 0.338. The first kappa shape index (κ1) is 13.7. The van der Waals surface area contributed by atoms with Crippen LogP contribution in [0.2, 0.25) is 0 Å². The monoisotopic (exact) mass is 232 g/mol. The van der Waals surface area contributed by atoms with E-state index in [1.165, 1.54) is 5.56 Å². The van der Waals surface area contributed by atoms with Crippen LogP contribution in [-0.2, 0) is 11.3 Å². The molecule has 17 heavy (non-hydrogen) atoms. The van der Waals surface area contributed by atoms with E-state index in [0.717, 1.165) is 25.3 Å². The van der Waals surface area contributed by atoms with E-state index in [0.29, 0.717) is 11.6 Å². The zero-order chi connectivity index (χ0) is 12.7. The Kier molecular flexibility index (Phi) is 5.68. The molecule has 0 aliphatic heterocycles. The molecule has 1 unspecified atom stereocenters. The first-order valence-corrected chi connectivity index (χ1v) is 5.98. The highest BCUT2D eigenvalue weighted by atomic mass is 16.5. The van der Waals surface area contributed by atoms with Gasteiger partial charge in [-0.3, -0.25) is 0 Å². The number of nitriles is 1. The van der Waals surface area contributed by atoms with Gasteiger partial charge in [-0.15, -0.1) is 0 Å². The highest BCUT2D eigenvalue weighted by Gasteiger charge is 2.03. The second-order valence-corrected chi connectivity index (χ2v) is 4.19.